The van der Waals surface area contributed by atoms with Gasteiger partial charge in [0, 0.05) is 11.6 Å². The normalized spacial score (nSPS) is 18.6. The lowest BCUT2D eigenvalue weighted by Gasteiger charge is -2.12. The molecule has 0 spiro atoms. The molecule has 3 heteroatoms. The summed E-state index contributed by atoms with van der Waals surface area (Å²) in [6.45, 7) is 0.191. The average molecular weight is 238 g/mol. The molecule has 0 amide bonds. The molecular formula is C8H10BrClO. The fraction of sp³-hybridized carbons (Fsp3) is 0.500. The van der Waals surface area contributed by atoms with Crippen molar-refractivity contribution in [2.75, 3.05) is 6.61 Å². The van der Waals surface area contributed by atoms with E-state index in [-0.39, 0.29) is 6.61 Å². The first-order valence-corrected chi connectivity index (χ1v) is 4.75. The molecular weight excluding hydrogens is 227 g/mol. The number of rotatable bonds is 2. The van der Waals surface area contributed by atoms with Crippen molar-refractivity contribution in [2.45, 2.75) is 19.3 Å². The second kappa shape index (κ2) is 4.29. The van der Waals surface area contributed by atoms with E-state index in [1.165, 1.54) is 0 Å². The van der Waals surface area contributed by atoms with Gasteiger partial charge in [-0.3, -0.25) is 0 Å². The SMILES string of the molecule is OCCC1=C(Cl)C=C(Br)CC1. The second-order valence-corrected chi connectivity index (χ2v) is 3.94. The molecule has 0 radical (unpaired) electrons. The van der Waals surface area contributed by atoms with E-state index in [2.05, 4.69) is 15.9 Å². The lowest BCUT2D eigenvalue weighted by Crippen LogP contribution is -1.95. The molecule has 1 aliphatic rings. The highest BCUT2D eigenvalue weighted by Crippen LogP contribution is 2.30. The van der Waals surface area contributed by atoms with Crippen LogP contribution in [0.25, 0.3) is 0 Å². The Kier molecular flexibility index (Phi) is 3.63. The first-order valence-electron chi connectivity index (χ1n) is 3.58. The van der Waals surface area contributed by atoms with E-state index in [1.807, 2.05) is 6.08 Å². The van der Waals surface area contributed by atoms with E-state index in [9.17, 15) is 0 Å². The van der Waals surface area contributed by atoms with E-state index < -0.39 is 0 Å². The van der Waals surface area contributed by atoms with Crippen LogP contribution in [0.5, 0.6) is 0 Å². The Hall–Kier alpha value is 0.210. The molecule has 0 aromatic rings. The Morgan fingerprint density at radius 3 is 2.82 bits per heavy atom. The smallest absolute Gasteiger partial charge is 0.0468 e. The van der Waals surface area contributed by atoms with Crippen LogP contribution in [-0.4, -0.2) is 11.7 Å². The third-order valence-electron chi connectivity index (χ3n) is 1.70. The molecule has 1 nitrogen and oxygen atoms in total. The highest BCUT2D eigenvalue weighted by atomic mass is 79.9. The van der Waals surface area contributed by atoms with Crippen LogP contribution in [0.1, 0.15) is 19.3 Å². The fourth-order valence-electron chi connectivity index (χ4n) is 1.08. The van der Waals surface area contributed by atoms with Gasteiger partial charge in [-0.25, -0.2) is 0 Å². The lowest BCUT2D eigenvalue weighted by atomic mass is 10.0. The number of aliphatic hydroxyl groups is 1. The Morgan fingerprint density at radius 2 is 2.27 bits per heavy atom. The van der Waals surface area contributed by atoms with Gasteiger partial charge in [0.1, 0.15) is 0 Å². The van der Waals surface area contributed by atoms with Gasteiger partial charge in [-0.15, -0.1) is 0 Å². The Labute approximate surface area is 79.9 Å². The summed E-state index contributed by atoms with van der Waals surface area (Å²) in [5.74, 6) is 0. The van der Waals surface area contributed by atoms with E-state index in [4.69, 9.17) is 16.7 Å². The molecule has 0 aromatic carbocycles. The zero-order chi connectivity index (χ0) is 8.27. The summed E-state index contributed by atoms with van der Waals surface area (Å²) in [7, 11) is 0. The summed E-state index contributed by atoms with van der Waals surface area (Å²) in [6.07, 6.45) is 4.59. The zero-order valence-electron chi connectivity index (χ0n) is 6.11. The third kappa shape index (κ3) is 2.62. The van der Waals surface area contributed by atoms with Gasteiger partial charge in [-0.2, -0.15) is 0 Å². The van der Waals surface area contributed by atoms with Crippen molar-refractivity contribution in [3.63, 3.8) is 0 Å². The van der Waals surface area contributed by atoms with Crippen LogP contribution in [0.3, 0.4) is 0 Å². The molecule has 0 saturated carbocycles. The molecule has 1 aliphatic carbocycles. The minimum absolute atomic E-state index is 0.191. The second-order valence-electron chi connectivity index (χ2n) is 2.52. The number of hydrogen-bond donors (Lipinski definition) is 1. The van der Waals surface area contributed by atoms with Gasteiger partial charge in [0.05, 0.1) is 0 Å². The van der Waals surface area contributed by atoms with Gasteiger partial charge in [-0.1, -0.05) is 27.5 Å². The highest BCUT2D eigenvalue weighted by Gasteiger charge is 2.09. The lowest BCUT2D eigenvalue weighted by molar-refractivity contribution is 0.297. The van der Waals surface area contributed by atoms with E-state index in [0.717, 1.165) is 27.9 Å². The van der Waals surface area contributed by atoms with Crippen molar-refractivity contribution in [2.24, 2.45) is 0 Å². The van der Waals surface area contributed by atoms with Crippen LogP contribution >= 0.6 is 27.5 Å². The molecule has 1 rings (SSSR count). The summed E-state index contributed by atoms with van der Waals surface area (Å²) in [5, 5.41) is 9.47. The topological polar surface area (TPSA) is 20.2 Å². The molecule has 0 bridgehead atoms. The largest absolute Gasteiger partial charge is 0.396 e. The van der Waals surface area contributed by atoms with Gasteiger partial charge in [-0.05, 0) is 35.4 Å². The van der Waals surface area contributed by atoms with Crippen LogP contribution in [0.4, 0.5) is 0 Å². The zero-order valence-corrected chi connectivity index (χ0v) is 8.45. The highest BCUT2D eigenvalue weighted by molar-refractivity contribution is 9.11. The minimum Gasteiger partial charge on any atom is -0.396 e. The Morgan fingerprint density at radius 1 is 1.55 bits per heavy atom. The van der Waals surface area contributed by atoms with E-state index in [1.54, 1.807) is 0 Å². The van der Waals surface area contributed by atoms with Crippen LogP contribution < -0.4 is 0 Å². The molecule has 11 heavy (non-hydrogen) atoms. The maximum atomic E-state index is 8.68. The van der Waals surface area contributed by atoms with Gasteiger partial charge in [0.2, 0.25) is 0 Å². The molecule has 0 aromatic heterocycles. The number of allylic oxidation sites excluding steroid dienone is 3. The third-order valence-corrected chi connectivity index (χ3v) is 2.70. The van der Waals surface area contributed by atoms with Crippen LogP contribution in [0.2, 0.25) is 0 Å². The van der Waals surface area contributed by atoms with Crippen LogP contribution in [0, 0.1) is 0 Å². The first kappa shape index (κ1) is 9.30. The van der Waals surface area contributed by atoms with E-state index >= 15 is 0 Å². The molecule has 0 unspecified atom stereocenters. The Balaban J connectivity index is 2.69. The maximum Gasteiger partial charge on any atom is 0.0468 e. The molecule has 62 valence electrons. The summed E-state index contributed by atoms with van der Waals surface area (Å²) in [5.41, 5.74) is 1.16. The maximum absolute atomic E-state index is 8.68. The molecule has 0 atom stereocenters. The quantitative estimate of drug-likeness (QED) is 0.783. The first-order chi connectivity index (χ1) is 5.24. The number of halogens is 2. The minimum atomic E-state index is 0.191. The van der Waals surface area contributed by atoms with Crippen molar-refractivity contribution >= 4 is 27.5 Å². The van der Waals surface area contributed by atoms with Crippen molar-refractivity contribution in [1.29, 1.82) is 0 Å². The summed E-state index contributed by atoms with van der Waals surface area (Å²) >= 11 is 9.31. The van der Waals surface area contributed by atoms with Gasteiger partial charge < -0.3 is 5.11 Å². The average Bonchev–Trinajstić information content (AvgIpc) is 1.95. The van der Waals surface area contributed by atoms with Crippen LogP contribution in [0.15, 0.2) is 21.2 Å². The van der Waals surface area contributed by atoms with Crippen molar-refractivity contribution in [3.8, 4) is 0 Å². The predicted molar refractivity (Wildman–Crippen MR) is 50.8 cm³/mol. The van der Waals surface area contributed by atoms with Crippen molar-refractivity contribution in [3.05, 3.63) is 21.2 Å². The monoisotopic (exact) mass is 236 g/mol. The summed E-state index contributed by atoms with van der Waals surface area (Å²) in [4.78, 5) is 0. The predicted octanol–water partition coefficient (Wildman–Crippen LogP) is 2.93. The fourth-order valence-corrected chi connectivity index (χ4v) is 1.96. The Bertz CT molecular complexity index is 204. The van der Waals surface area contributed by atoms with Gasteiger partial charge >= 0.3 is 0 Å². The van der Waals surface area contributed by atoms with Crippen LogP contribution in [-0.2, 0) is 0 Å². The van der Waals surface area contributed by atoms with Gasteiger partial charge in [0.15, 0.2) is 0 Å². The molecule has 0 fully saturated rings. The van der Waals surface area contributed by atoms with Gasteiger partial charge in [0.25, 0.3) is 0 Å². The van der Waals surface area contributed by atoms with Crippen molar-refractivity contribution < 1.29 is 5.11 Å². The molecule has 0 saturated heterocycles. The summed E-state index contributed by atoms with van der Waals surface area (Å²) < 4.78 is 1.14. The molecule has 0 heterocycles. The number of aliphatic hydroxyl groups excluding tert-OH is 1. The van der Waals surface area contributed by atoms with Crippen molar-refractivity contribution in [1.82, 2.24) is 0 Å². The number of hydrogen-bond acceptors (Lipinski definition) is 1. The molecule has 1 N–H and O–H groups in total. The summed E-state index contributed by atoms with van der Waals surface area (Å²) in [6, 6.07) is 0. The standard InChI is InChI=1S/C8H10BrClO/c9-7-2-1-6(3-4-11)8(10)5-7/h5,11H,1-4H2. The van der Waals surface area contributed by atoms with E-state index in [0.29, 0.717) is 6.42 Å². The molecule has 0 aliphatic heterocycles.